The molecule has 0 radical (unpaired) electrons. The molecular formula is C11H12BrFO2. The number of ketones is 1. The zero-order valence-electron chi connectivity index (χ0n) is 8.59. The molecule has 0 aromatic heterocycles. The first-order valence-electron chi connectivity index (χ1n) is 4.67. The maximum absolute atomic E-state index is 13.4. The van der Waals surface area contributed by atoms with Gasteiger partial charge in [-0.1, -0.05) is 15.9 Å². The Morgan fingerprint density at radius 1 is 1.60 bits per heavy atom. The van der Waals surface area contributed by atoms with Crippen molar-refractivity contribution in [1.82, 2.24) is 0 Å². The van der Waals surface area contributed by atoms with E-state index in [4.69, 9.17) is 4.74 Å². The van der Waals surface area contributed by atoms with Crippen molar-refractivity contribution in [3.8, 4) is 5.75 Å². The van der Waals surface area contributed by atoms with Crippen molar-refractivity contribution < 1.29 is 13.9 Å². The summed E-state index contributed by atoms with van der Waals surface area (Å²) < 4.78 is 18.4. The van der Waals surface area contributed by atoms with Gasteiger partial charge in [0.25, 0.3) is 0 Å². The summed E-state index contributed by atoms with van der Waals surface area (Å²) >= 11 is 3.15. The summed E-state index contributed by atoms with van der Waals surface area (Å²) in [4.78, 5) is 11.2. The van der Waals surface area contributed by atoms with Crippen LogP contribution in [0.3, 0.4) is 0 Å². The molecule has 0 saturated heterocycles. The van der Waals surface area contributed by atoms with E-state index >= 15 is 0 Å². The van der Waals surface area contributed by atoms with Gasteiger partial charge < -0.3 is 4.74 Å². The summed E-state index contributed by atoms with van der Waals surface area (Å²) in [5.74, 6) is -0.468. The molecule has 4 heteroatoms. The molecule has 2 nitrogen and oxygen atoms in total. The first kappa shape index (κ1) is 12.2. The highest BCUT2D eigenvalue weighted by atomic mass is 79.9. The van der Waals surface area contributed by atoms with Gasteiger partial charge >= 0.3 is 0 Å². The number of hydrogen-bond donors (Lipinski definition) is 0. The van der Waals surface area contributed by atoms with Gasteiger partial charge in [-0.05, 0) is 32.0 Å². The molecule has 0 aliphatic heterocycles. The molecule has 0 amide bonds. The zero-order valence-corrected chi connectivity index (χ0v) is 10.2. The zero-order chi connectivity index (χ0) is 11.4. The summed E-state index contributed by atoms with van der Waals surface area (Å²) in [6, 6.07) is 4.24. The van der Waals surface area contributed by atoms with E-state index in [-0.39, 0.29) is 16.4 Å². The molecule has 0 bridgehead atoms. The minimum absolute atomic E-state index is 0.142. The maximum Gasteiger partial charge on any atom is 0.176 e. The topological polar surface area (TPSA) is 26.3 Å². The van der Waals surface area contributed by atoms with Gasteiger partial charge in [0.15, 0.2) is 17.3 Å². The van der Waals surface area contributed by atoms with Gasteiger partial charge in [-0.2, -0.15) is 0 Å². The normalized spacial score (nSPS) is 12.3. The fourth-order valence-electron chi connectivity index (χ4n) is 1.16. The molecule has 0 spiro atoms. The third-order valence-corrected chi connectivity index (χ3v) is 2.29. The second kappa shape index (κ2) is 5.26. The predicted octanol–water partition coefficient (Wildman–Crippen LogP) is 3.19. The van der Waals surface area contributed by atoms with Crippen molar-refractivity contribution in [2.24, 2.45) is 0 Å². The Balaban J connectivity index is 2.96. The van der Waals surface area contributed by atoms with E-state index in [9.17, 15) is 9.18 Å². The van der Waals surface area contributed by atoms with Gasteiger partial charge in [0, 0.05) is 5.56 Å². The van der Waals surface area contributed by atoms with Crippen LogP contribution in [0.5, 0.6) is 5.75 Å². The largest absolute Gasteiger partial charge is 0.491 e. The van der Waals surface area contributed by atoms with Crippen LogP contribution in [0.2, 0.25) is 0 Å². The van der Waals surface area contributed by atoms with Crippen molar-refractivity contribution in [2.45, 2.75) is 18.7 Å². The molecule has 82 valence electrons. The highest BCUT2D eigenvalue weighted by Gasteiger charge is 2.14. The van der Waals surface area contributed by atoms with Crippen LogP contribution in [0.25, 0.3) is 0 Å². The van der Waals surface area contributed by atoms with Crippen molar-refractivity contribution in [2.75, 3.05) is 6.61 Å². The van der Waals surface area contributed by atoms with Crippen LogP contribution in [0, 0.1) is 5.82 Å². The number of hydrogen-bond acceptors (Lipinski definition) is 2. The van der Waals surface area contributed by atoms with Crippen molar-refractivity contribution in [3.63, 3.8) is 0 Å². The summed E-state index contributed by atoms with van der Waals surface area (Å²) in [6.45, 7) is 3.88. The Hall–Kier alpha value is -0.900. The molecule has 1 atom stereocenters. The number of rotatable bonds is 4. The highest BCUT2D eigenvalue weighted by molar-refractivity contribution is 9.10. The summed E-state index contributed by atoms with van der Waals surface area (Å²) in [7, 11) is 0. The lowest BCUT2D eigenvalue weighted by molar-refractivity contribution is 0.0995. The number of benzene rings is 1. The minimum Gasteiger partial charge on any atom is -0.491 e. The lowest BCUT2D eigenvalue weighted by Gasteiger charge is -2.07. The Labute approximate surface area is 96.6 Å². The van der Waals surface area contributed by atoms with Gasteiger partial charge in [0.1, 0.15) is 0 Å². The Kier molecular flexibility index (Phi) is 4.27. The number of halogens is 2. The summed E-state index contributed by atoms with van der Waals surface area (Å²) in [5, 5.41) is 0. The standard InChI is InChI=1S/C11H12BrFO2/c1-3-15-10-5-4-8(6-9(10)13)11(14)7(2)12/h4-7H,3H2,1-2H3. The van der Waals surface area contributed by atoms with E-state index in [2.05, 4.69) is 15.9 Å². The predicted molar refractivity (Wildman–Crippen MR) is 60.3 cm³/mol. The molecule has 1 rings (SSSR count). The summed E-state index contributed by atoms with van der Waals surface area (Å²) in [5.41, 5.74) is 0.348. The molecule has 1 unspecified atom stereocenters. The number of ether oxygens (including phenoxy) is 1. The molecule has 1 aromatic carbocycles. The third kappa shape index (κ3) is 3.02. The Morgan fingerprint density at radius 3 is 2.73 bits per heavy atom. The van der Waals surface area contributed by atoms with E-state index < -0.39 is 5.82 Å². The lowest BCUT2D eigenvalue weighted by Crippen LogP contribution is -2.10. The molecular weight excluding hydrogens is 263 g/mol. The Bertz CT molecular complexity index is 364. The quantitative estimate of drug-likeness (QED) is 0.623. The van der Waals surface area contributed by atoms with Crippen LogP contribution in [0.15, 0.2) is 18.2 Å². The fourth-order valence-corrected chi connectivity index (χ4v) is 1.42. The first-order valence-corrected chi connectivity index (χ1v) is 5.58. The van der Waals surface area contributed by atoms with Crippen LogP contribution < -0.4 is 4.74 Å². The number of Topliss-reactive ketones (excluding diaryl/α,β-unsaturated/α-hetero) is 1. The smallest absolute Gasteiger partial charge is 0.176 e. The maximum atomic E-state index is 13.4. The Morgan fingerprint density at radius 2 is 2.27 bits per heavy atom. The molecule has 0 saturated carbocycles. The lowest BCUT2D eigenvalue weighted by atomic mass is 10.1. The van der Waals surface area contributed by atoms with Crippen LogP contribution in [0.1, 0.15) is 24.2 Å². The fraction of sp³-hybridized carbons (Fsp3) is 0.364. The number of alkyl halides is 1. The van der Waals surface area contributed by atoms with Gasteiger partial charge in [0.2, 0.25) is 0 Å². The molecule has 0 aliphatic rings. The molecule has 1 aromatic rings. The molecule has 0 fully saturated rings. The molecule has 15 heavy (non-hydrogen) atoms. The van der Waals surface area contributed by atoms with E-state index in [0.717, 1.165) is 0 Å². The van der Waals surface area contributed by atoms with Gasteiger partial charge in [-0.15, -0.1) is 0 Å². The van der Waals surface area contributed by atoms with E-state index in [1.54, 1.807) is 19.9 Å². The van der Waals surface area contributed by atoms with Gasteiger partial charge in [-0.25, -0.2) is 4.39 Å². The third-order valence-electron chi connectivity index (χ3n) is 1.88. The minimum atomic E-state index is -0.504. The van der Waals surface area contributed by atoms with Crippen molar-refractivity contribution in [3.05, 3.63) is 29.6 Å². The highest BCUT2D eigenvalue weighted by Crippen LogP contribution is 2.20. The molecule has 0 aliphatic carbocycles. The SMILES string of the molecule is CCOc1ccc(C(=O)C(C)Br)cc1F. The number of carbonyl (C=O) groups excluding carboxylic acids is 1. The monoisotopic (exact) mass is 274 g/mol. The second-order valence-electron chi connectivity index (χ2n) is 3.06. The van der Waals surface area contributed by atoms with Crippen LogP contribution >= 0.6 is 15.9 Å². The van der Waals surface area contributed by atoms with E-state index in [1.165, 1.54) is 12.1 Å². The average molecular weight is 275 g/mol. The van der Waals surface area contributed by atoms with Gasteiger partial charge in [-0.3, -0.25) is 4.79 Å². The van der Waals surface area contributed by atoms with Crippen molar-refractivity contribution in [1.29, 1.82) is 0 Å². The van der Waals surface area contributed by atoms with Crippen LogP contribution in [-0.4, -0.2) is 17.2 Å². The summed E-state index contributed by atoms with van der Waals surface area (Å²) in [6.07, 6.45) is 0. The average Bonchev–Trinajstić information content (AvgIpc) is 2.20. The first-order chi connectivity index (χ1) is 7.06. The number of carbonyl (C=O) groups is 1. The van der Waals surface area contributed by atoms with Crippen LogP contribution in [-0.2, 0) is 0 Å². The second-order valence-corrected chi connectivity index (χ2v) is 4.43. The molecule has 0 N–H and O–H groups in total. The van der Waals surface area contributed by atoms with Gasteiger partial charge in [0.05, 0.1) is 11.4 Å². The van der Waals surface area contributed by atoms with Crippen LogP contribution in [0.4, 0.5) is 4.39 Å². The van der Waals surface area contributed by atoms with E-state index in [1.807, 2.05) is 0 Å². The van der Waals surface area contributed by atoms with E-state index in [0.29, 0.717) is 12.2 Å². The van der Waals surface area contributed by atoms with Crippen molar-refractivity contribution >= 4 is 21.7 Å². The molecule has 0 heterocycles.